The van der Waals surface area contributed by atoms with Crippen LogP contribution in [-0.4, -0.2) is 4.98 Å². The van der Waals surface area contributed by atoms with Crippen LogP contribution in [0.3, 0.4) is 0 Å². The molecule has 0 saturated heterocycles. The highest BCUT2D eigenvalue weighted by atomic mass is 19.1. The quantitative estimate of drug-likeness (QED) is 0.596. The van der Waals surface area contributed by atoms with Crippen molar-refractivity contribution in [2.45, 2.75) is 38.5 Å². The first-order chi connectivity index (χ1) is 6.36. The van der Waals surface area contributed by atoms with Crippen molar-refractivity contribution in [1.82, 2.24) is 4.98 Å². The number of fused-ring (bicyclic) bond motifs is 1. The number of aromatic nitrogens is 1. The van der Waals surface area contributed by atoms with Crippen molar-refractivity contribution in [1.29, 1.82) is 0 Å². The van der Waals surface area contributed by atoms with Crippen molar-refractivity contribution in [3.05, 3.63) is 29.3 Å². The van der Waals surface area contributed by atoms with E-state index in [1.807, 2.05) is 0 Å². The van der Waals surface area contributed by atoms with Gasteiger partial charge in [-0.1, -0.05) is 12.8 Å². The summed E-state index contributed by atoms with van der Waals surface area (Å²) in [6.07, 6.45) is 8.30. The van der Waals surface area contributed by atoms with Crippen LogP contribution in [0, 0.1) is 5.82 Å². The molecule has 1 aliphatic rings. The Balaban J connectivity index is 2.28. The van der Waals surface area contributed by atoms with Crippen molar-refractivity contribution < 1.29 is 4.39 Å². The predicted molar refractivity (Wildman–Crippen MR) is 50.1 cm³/mol. The monoisotopic (exact) mass is 179 g/mol. The summed E-state index contributed by atoms with van der Waals surface area (Å²) in [6.45, 7) is 0. The number of halogens is 1. The summed E-state index contributed by atoms with van der Waals surface area (Å²) in [4.78, 5) is 4.15. The van der Waals surface area contributed by atoms with Gasteiger partial charge in [0.1, 0.15) is 5.82 Å². The fraction of sp³-hybridized carbons (Fsp3) is 0.545. The molecule has 2 rings (SSSR count). The standard InChI is InChI=1S/C11H14FN/c12-10-7-9-5-3-1-2-4-6-11(9)13-8-10/h7-8H,1-6H2. The molecule has 0 atom stereocenters. The van der Waals surface area contributed by atoms with Gasteiger partial charge in [0.2, 0.25) is 0 Å². The second-order valence-corrected chi connectivity index (χ2v) is 3.67. The molecule has 0 bridgehead atoms. The molecule has 0 aliphatic heterocycles. The van der Waals surface area contributed by atoms with Crippen molar-refractivity contribution >= 4 is 0 Å². The molecule has 0 radical (unpaired) electrons. The third kappa shape index (κ3) is 2.06. The van der Waals surface area contributed by atoms with Gasteiger partial charge in [-0.25, -0.2) is 4.39 Å². The van der Waals surface area contributed by atoms with Gasteiger partial charge in [0.25, 0.3) is 0 Å². The first-order valence-electron chi connectivity index (χ1n) is 4.99. The lowest BCUT2D eigenvalue weighted by molar-refractivity contribution is 0.586. The van der Waals surface area contributed by atoms with E-state index in [1.165, 1.54) is 31.9 Å². The molecular weight excluding hydrogens is 165 g/mol. The Morgan fingerprint density at radius 3 is 2.69 bits per heavy atom. The summed E-state index contributed by atoms with van der Waals surface area (Å²) in [5.41, 5.74) is 2.24. The molecule has 0 saturated carbocycles. The first kappa shape index (κ1) is 8.67. The molecule has 2 heteroatoms. The SMILES string of the molecule is Fc1cnc2c(c1)CCCCCC2. The van der Waals surface area contributed by atoms with E-state index in [2.05, 4.69) is 4.98 Å². The molecule has 0 aromatic carbocycles. The molecule has 0 amide bonds. The molecule has 13 heavy (non-hydrogen) atoms. The van der Waals surface area contributed by atoms with Gasteiger partial charge in [0.15, 0.2) is 0 Å². The summed E-state index contributed by atoms with van der Waals surface area (Å²) in [5, 5.41) is 0. The van der Waals surface area contributed by atoms with Crippen LogP contribution in [0.4, 0.5) is 4.39 Å². The lowest BCUT2D eigenvalue weighted by atomic mass is 9.97. The van der Waals surface area contributed by atoms with Crippen LogP contribution < -0.4 is 0 Å². The van der Waals surface area contributed by atoms with E-state index < -0.39 is 0 Å². The minimum absolute atomic E-state index is 0.195. The van der Waals surface area contributed by atoms with E-state index in [0.717, 1.165) is 24.1 Å². The van der Waals surface area contributed by atoms with E-state index in [1.54, 1.807) is 6.07 Å². The Hall–Kier alpha value is -0.920. The lowest BCUT2D eigenvalue weighted by Gasteiger charge is -2.11. The Morgan fingerprint density at radius 1 is 1.08 bits per heavy atom. The molecule has 1 aromatic rings. The average Bonchev–Trinajstić information content (AvgIpc) is 2.08. The number of rotatable bonds is 0. The maximum atomic E-state index is 12.9. The van der Waals surface area contributed by atoms with Crippen molar-refractivity contribution in [3.63, 3.8) is 0 Å². The Kier molecular flexibility index (Phi) is 2.57. The highest BCUT2D eigenvalue weighted by Crippen LogP contribution is 2.18. The molecule has 1 aromatic heterocycles. The van der Waals surface area contributed by atoms with Crippen LogP contribution in [0.2, 0.25) is 0 Å². The summed E-state index contributed by atoms with van der Waals surface area (Å²) in [5.74, 6) is -0.195. The molecule has 0 fully saturated rings. The molecule has 1 heterocycles. The Bertz CT molecular complexity index is 296. The van der Waals surface area contributed by atoms with Gasteiger partial charge in [-0.2, -0.15) is 0 Å². The summed E-state index contributed by atoms with van der Waals surface area (Å²) < 4.78 is 12.9. The molecule has 0 spiro atoms. The van der Waals surface area contributed by atoms with Gasteiger partial charge in [-0.3, -0.25) is 4.98 Å². The van der Waals surface area contributed by atoms with Crippen LogP contribution in [0.25, 0.3) is 0 Å². The van der Waals surface area contributed by atoms with Crippen LogP contribution >= 0.6 is 0 Å². The van der Waals surface area contributed by atoms with E-state index in [4.69, 9.17) is 0 Å². The number of hydrogen-bond donors (Lipinski definition) is 0. The second kappa shape index (κ2) is 3.86. The minimum Gasteiger partial charge on any atom is -0.258 e. The molecule has 1 aliphatic carbocycles. The van der Waals surface area contributed by atoms with Crippen molar-refractivity contribution in [2.75, 3.05) is 0 Å². The Labute approximate surface area is 78.0 Å². The maximum absolute atomic E-state index is 12.9. The third-order valence-electron chi connectivity index (χ3n) is 2.64. The second-order valence-electron chi connectivity index (χ2n) is 3.67. The fourth-order valence-corrected chi connectivity index (χ4v) is 1.91. The molecule has 1 nitrogen and oxygen atoms in total. The summed E-state index contributed by atoms with van der Waals surface area (Å²) in [7, 11) is 0. The van der Waals surface area contributed by atoms with Crippen LogP contribution in [0.5, 0.6) is 0 Å². The van der Waals surface area contributed by atoms with E-state index in [-0.39, 0.29) is 5.82 Å². The first-order valence-corrected chi connectivity index (χ1v) is 4.99. The highest BCUT2D eigenvalue weighted by molar-refractivity contribution is 5.21. The molecule has 0 N–H and O–H groups in total. The molecule has 0 unspecified atom stereocenters. The summed E-state index contributed by atoms with van der Waals surface area (Å²) >= 11 is 0. The smallest absolute Gasteiger partial charge is 0.141 e. The van der Waals surface area contributed by atoms with E-state index in [0.29, 0.717) is 0 Å². The van der Waals surface area contributed by atoms with Gasteiger partial charge < -0.3 is 0 Å². The topological polar surface area (TPSA) is 12.9 Å². The third-order valence-corrected chi connectivity index (χ3v) is 2.64. The molecular formula is C11H14FN. The number of nitrogens with zero attached hydrogens (tertiary/aromatic N) is 1. The van der Waals surface area contributed by atoms with Gasteiger partial charge in [-0.15, -0.1) is 0 Å². The number of pyridine rings is 1. The van der Waals surface area contributed by atoms with Gasteiger partial charge in [0, 0.05) is 5.69 Å². The average molecular weight is 179 g/mol. The zero-order valence-corrected chi connectivity index (χ0v) is 7.72. The van der Waals surface area contributed by atoms with Crippen LogP contribution in [0.15, 0.2) is 12.3 Å². The zero-order valence-electron chi connectivity index (χ0n) is 7.72. The van der Waals surface area contributed by atoms with Crippen LogP contribution in [-0.2, 0) is 12.8 Å². The van der Waals surface area contributed by atoms with E-state index >= 15 is 0 Å². The maximum Gasteiger partial charge on any atom is 0.141 e. The van der Waals surface area contributed by atoms with Gasteiger partial charge in [0.05, 0.1) is 6.20 Å². The van der Waals surface area contributed by atoms with Crippen LogP contribution in [0.1, 0.15) is 36.9 Å². The van der Waals surface area contributed by atoms with Gasteiger partial charge in [-0.05, 0) is 37.3 Å². The normalized spacial score (nSPS) is 17.3. The number of hydrogen-bond acceptors (Lipinski definition) is 1. The minimum atomic E-state index is -0.195. The van der Waals surface area contributed by atoms with Gasteiger partial charge >= 0.3 is 0 Å². The van der Waals surface area contributed by atoms with Crippen molar-refractivity contribution in [2.24, 2.45) is 0 Å². The lowest BCUT2D eigenvalue weighted by Crippen LogP contribution is -2.02. The molecule has 70 valence electrons. The number of aryl methyl sites for hydroxylation is 2. The summed E-state index contributed by atoms with van der Waals surface area (Å²) in [6, 6.07) is 1.65. The predicted octanol–water partition coefficient (Wildman–Crippen LogP) is 2.88. The van der Waals surface area contributed by atoms with Crippen molar-refractivity contribution in [3.8, 4) is 0 Å². The zero-order chi connectivity index (χ0) is 9.10. The highest BCUT2D eigenvalue weighted by Gasteiger charge is 2.08. The fourth-order valence-electron chi connectivity index (χ4n) is 1.91. The largest absolute Gasteiger partial charge is 0.258 e. The van der Waals surface area contributed by atoms with E-state index in [9.17, 15) is 4.39 Å². The Morgan fingerprint density at radius 2 is 1.85 bits per heavy atom.